The average Bonchev–Trinajstić information content (AvgIpc) is 2.96. The Hall–Kier alpha value is -2.48. The lowest BCUT2D eigenvalue weighted by Gasteiger charge is -2.17. The fourth-order valence-electron chi connectivity index (χ4n) is 2.39. The molecule has 2 aromatic carbocycles. The summed E-state index contributed by atoms with van der Waals surface area (Å²) in [5.74, 6) is 0.457. The number of phenols is 1. The van der Waals surface area contributed by atoms with Gasteiger partial charge in [0.25, 0.3) is 0 Å². The summed E-state index contributed by atoms with van der Waals surface area (Å²) in [6.07, 6.45) is 1.94. The number of hydrogen-bond donors (Lipinski definition) is 2. The maximum atomic E-state index is 9.43. The number of phenolic OH excluding ortho intramolecular Hbond substituents is 1. The Kier molecular flexibility index (Phi) is 3.07. The van der Waals surface area contributed by atoms with E-state index in [2.05, 4.69) is 23.2 Å². The molecule has 0 aliphatic rings. The molecule has 0 amide bonds. The first-order valence-electron chi connectivity index (χ1n) is 6.32. The van der Waals surface area contributed by atoms with Crippen LogP contribution in [0.25, 0.3) is 0 Å². The Balaban J connectivity index is 2.10. The summed E-state index contributed by atoms with van der Waals surface area (Å²) in [5.41, 5.74) is 3.54. The van der Waals surface area contributed by atoms with E-state index in [1.807, 2.05) is 42.6 Å². The quantitative estimate of drug-likeness (QED) is 0.725. The SMILES string of the molecule is Oc1ccc(C(c2ccccc2)c2ccc[nH]2)cc1. The molecule has 2 heteroatoms. The van der Waals surface area contributed by atoms with Crippen LogP contribution in [0.15, 0.2) is 72.9 Å². The Morgan fingerprint density at radius 1 is 0.737 bits per heavy atom. The van der Waals surface area contributed by atoms with Crippen LogP contribution in [0, 0.1) is 0 Å². The fourth-order valence-corrected chi connectivity index (χ4v) is 2.39. The number of nitrogens with one attached hydrogen (secondary N) is 1. The highest BCUT2D eigenvalue weighted by molar-refractivity contribution is 5.42. The Bertz CT molecular complexity index is 627. The van der Waals surface area contributed by atoms with Crippen molar-refractivity contribution in [2.75, 3.05) is 0 Å². The third-order valence-electron chi connectivity index (χ3n) is 3.29. The number of hydrogen-bond acceptors (Lipinski definition) is 1. The number of aromatic hydroxyl groups is 1. The number of aromatic nitrogens is 1. The van der Waals surface area contributed by atoms with Gasteiger partial charge in [0.05, 0.1) is 0 Å². The van der Waals surface area contributed by atoms with E-state index in [1.54, 1.807) is 12.1 Å². The van der Waals surface area contributed by atoms with E-state index in [-0.39, 0.29) is 5.92 Å². The van der Waals surface area contributed by atoms with Crippen LogP contribution in [0.1, 0.15) is 22.7 Å². The summed E-state index contributed by atoms with van der Waals surface area (Å²) in [7, 11) is 0. The van der Waals surface area contributed by atoms with E-state index in [0.717, 1.165) is 11.3 Å². The third kappa shape index (κ3) is 2.38. The van der Waals surface area contributed by atoms with Gasteiger partial charge in [0.15, 0.2) is 0 Å². The fraction of sp³-hybridized carbons (Fsp3) is 0.0588. The van der Waals surface area contributed by atoms with Gasteiger partial charge < -0.3 is 10.1 Å². The predicted octanol–water partition coefficient (Wildman–Crippen LogP) is 3.90. The minimum Gasteiger partial charge on any atom is -0.508 e. The Labute approximate surface area is 112 Å². The topological polar surface area (TPSA) is 36.0 Å². The molecule has 2 N–H and O–H groups in total. The molecule has 0 radical (unpaired) electrons. The van der Waals surface area contributed by atoms with Crippen LogP contribution >= 0.6 is 0 Å². The molecule has 0 aliphatic carbocycles. The summed E-state index contributed by atoms with van der Waals surface area (Å²) in [6.45, 7) is 0. The van der Waals surface area contributed by atoms with Crippen molar-refractivity contribution in [3.63, 3.8) is 0 Å². The molecule has 1 unspecified atom stereocenters. The molecule has 1 aromatic heterocycles. The van der Waals surface area contributed by atoms with Crippen LogP contribution < -0.4 is 0 Å². The lowest BCUT2D eigenvalue weighted by atomic mass is 9.88. The lowest BCUT2D eigenvalue weighted by molar-refractivity contribution is 0.475. The van der Waals surface area contributed by atoms with Gasteiger partial charge >= 0.3 is 0 Å². The Morgan fingerprint density at radius 2 is 1.42 bits per heavy atom. The lowest BCUT2D eigenvalue weighted by Crippen LogP contribution is -2.03. The molecular formula is C17H15NO. The molecule has 3 aromatic rings. The summed E-state index contributed by atoms with van der Waals surface area (Å²) >= 11 is 0. The molecule has 94 valence electrons. The highest BCUT2D eigenvalue weighted by atomic mass is 16.3. The molecule has 19 heavy (non-hydrogen) atoms. The largest absolute Gasteiger partial charge is 0.508 e. The molecule has 3 rings (SSSR count). The van der Waals surface area contributed by atoms with Gasteiger partial charge in [-0.2, -0.15) is 0 Å². The van der Waals surface area contributed by atoms with Crippen LogP contribution in [0.4, 0.5) is 0 Å². The van der Waals surface area contributed by atoms with Gasteiger partial charge in [-0.15, -0.1) is 0 Å². The van der Waals surface area contributed by atoms with Crippen molar-refractivity contribution in [2.45, 2.75) is 5.92 Å². The monoisotopic (exact) mass is 249 g/mol. The molecule has 0 aliphatic heterocycles. The van der Waals surface area contributed by atoms with Gasteiger partial charge in [0.1, 0.15) is 5.75 Å². The van der Waals surface area contributed by atoms with Gasteiger partial charge in [0, 0.05) is 17.8 Å². The number of benzene rings is 2. The van der Waals surface area contributed by atoms with Crippen LogP contribution in [0.2, 0.25) is 0 Å². The highest BCUT2D eigenvalue weighted by Gasteiger charge is 2.16. The van der Waals surface area contributed by atoms with Crippen LogP contribution in [0.5, 0.6) is 5.75 Å². The molecular weight excluding hydrogens is 234 g/mol. The Morgan fingerprint density at radius 3 is 2.05 bits per heavy atom. The zero-order valence-electron chi connectivity index (χ0n) is 10.5. The molecule has 0 saturated heterocycles. The van der Waals surface area contributed by atoms with E-state index in [4.69, 9.17) is 0 Å². The molecule has 2 nitrogen and oxygen atoms in total. The van der Waals surface area contributed by atoms with Gasteiger partial charge in [-0.25, -0.2) is 0 Å². The number of aromatic amines is 1. The normalized spacial score (nSPS) is 12.2. The van der Waals surface area contributed by atoms with Crippen LogP contribution in [-0.4, -0.2) is 10.1 Å². The second-order valence-corrected chi connectivity index (χ2v) is 4.56. The van der Waals surface area contributed by atoms with E-state index in [1.165, 1.54) is 5.56 Å². The smallest absolute Gasteiger partial charge is 0.115 e. The third-order valence-corrected chi connectivity index (χ3v) is 3.29. The van der Waals surface area contributed by atoms with Crippen molar-refractivity contribution in [1.29, 1.82) is 0 Å². The summed E-state index contributed by atoms with van der Waals surface area (Å²) in [5, 5.41) is 9.43. The van der Waals surface area contributed by atoms with E-state index >= 15 is 0 Å². The summed E-state index contributed by atoms with van der Waals surface area (Å²) < 4.78 is 0. The number of rotatable bonds is 3. The molecule has 1 heterocycles. The van der Waals surface area contributed by atoms with Crippen molar-refractivity contribution in [1.82, 2.24) is 4.98 Å². The zero-order valence-corrected chi connectivity index (χ0v) is 10.5. The van der Waals surface area contributed by atoms with Crippen LogP contribution in [-0.2, 0) is 0 Å². The van der Waals surface area contributed by atoms with Crippen molar-refractivity contribution < 1.29 is 5.11 Å². The zero-order chi connectivity index (χ0) is 13.1. The molecule has 0 bridgehead atoms. The molecule has 1 atom stereocenters. The summed E-state index contributed by atoms with van der Waals surface area (Å²) in [6, 6.07) is 21.8. The van der Waals surface area contributed by atoms with E-state index < -0.39 is 0 Å². The molecule has 0 saturated carbocycles. The van der Waals surface area contributed by atoms with Gasteiger partial charge in [-0.05, 0) is 35.4 Å². The van der Waals surface area contributed by atoms with Gasteiger partial charge in [-0.1, -0.05) is 42.5 Å². The first-order valence-corrected chi connectivity index (χ1v) is 6.32. The second-order valence-electron chi connectivity index (χ2n) is 4.56. The van der Waals surface area contributed by atoms with Crippen molar-refractivity contribution >= 4 is 0 Å². The minimum atomic E-state index is 0.164. The first-order chi connectivity index (χ1) is 9.34. The average molecular weight is 249 g/mol. The maximum absolute atomic E-state index is 9.43. The molecule has 0 spiro atoms. The van der Waals surface area contributed by atoms with Gasteiger partial charge in [0.2, 0.25) is 0 Å². The van der Waals surface area contributed by atoms with Crippen molar-refractivity contribution in [3.8, 4) is 5.75 Å². The summed E-state index contributed by atoms with van der Waals surface area (Å²) in [4.78, 5) is 3.29. The maximum Gasteiger partial charge on any atom is 0.115 e. The van der Waals surface area contributed by atoms with E-state index in [9.17, 15) is 5.11 Å². The van der Waals surface area contributed by atoms with Gasteiger partial charge in [-0.3, -0.25) is 0 Å². The molecule has 0 fully saturated rings. The van der Waals surface area contributed by atoms with Crippen molar-refractivity contribution in [2.24, 2.45) is 0 Å². The highest BCUT2D eigenvalue weighted by Crippen LogP contribution is 2.31. The van der Waals surface area contributed by atoms with Crippen LogP contribution in [0.3, 0.4) is 0 Å². The second kappa shape index (κ2) is 5.02. The van der Waals surface area contributed by atoms with Crippen molar-refractivity contribution in [3.05, 3.63) is 89.7 Å². The standard InChI is InChI=1S/C17H15NO/c19-15-10-8-14(9-11-15)17(16-7-4-12-18-16)13-5-2-1-3-6-13/h1-12,17-19H. The minimum absolute atomic E-state index is 0.164. The first kappa shape index (κ1) is 11.6. The number of H-pyrrole nitrogens is 1. The van der Waals surface area contributed by atoms with E-state index in [0.29, 0.717) is 5.75 Å². The predicted molar refractivity (Wildman–Crippen MR) is 76.3 cm³/mol.